The highest BCUT2D eigenvalue weighted by Crippen LogP contribution is 2.30. The molecule has 28 heavy (non-hydrogen) atoms. The lowest BCUT2D eigenvalue weighted by Crippen LogP contribution is -2.09. The van der Waals surface area contributed by atoms with Crippen molar-refractivity contribution in [1.82, 2.24) is 14.8 Å². The fraction of sp³-hybridized carbons (Fsp3) is 0.375. The number of rotatable bonds is 10. The third kappa shape index (κ3) is 4.75. The predicted molar refractivity (Wildman–Crippen MR) is 114 cm³/mol. The van der Waals surface area contributed by atoms with Crippen molar-refractivity contribution < 1.29 is 4.79 Å². The van der Waals surface area contributed by atoms with E-state index in [1.54, 1.807) is 12.7 Å². The molecule has 0 aliphatic rings. The lowest BCUT2D eigenvalue weighted by molar-refractivity contribution is 0.112. The highest BCUT2D eigenvalue weighted by Gasteiger charge is 2.14. The number of hydrogen-bond donors (Lipinski definition) is 0. The summed E-state index contributed by atoms with van der Waals surface area (Å²) < 4.78 is 1.90. The number of carbonyl (C=O) groups excluding carboxylic acids is 1. The molecule has 0 fully saturated rings. The molecule has 0 amide bonds. The van der Waals surface area contributed by atoms with E-state index in [9.17, 15) is 4.79 Å². The summed E-state index contributed by atoms with van der Waals surface area (Å²) in [4.78, 5) is 15.7. The Morgan fingerprint density at radius 3 is 2.25 bits per heavy atom. The second kappa shape index (κ2) is 9.98. The Morgan fingerprint density at radius 1 is 1.00 bits per heavy atom. The van der Waals surface area contributed by atoms with Crippen molar-refractivity contribution in [3.05, 3.63) is 71.3 Å². The summed E-state index contributed by atoms with van der Waals surface area (Å²) >= 11 is 0. The Hall–Kier alpha value is -2.75. The highest BCUT2D eigenvalue weighted by atomic mass is 16.1. The van der Waals surface area contributed by atoms with Gasteiger partial charge in [0.15, 0.2) is 6.29 Å². The van der Waals surface area contributed by atoms with E-state index in [0.717, 1.165) is 68.0 Å². The molecule has 0 radical (unpaired) electrons. The van der Waals surface area contributed by atoms with Crippen molar-refractivity contribution in [2.75, 3.05) is 0 Å². The van der Waals surface area contributed by atoms with Crippen LogP contribution in [-0.4, -0.2) is 21.1 Å². The summed E-state index contributed by atoms with van der Waals surface area (Å²) in [6.07, 6.45) is 11.0. The van der Waals surface area contributed by atoms with Crippen LogP contribution in [0.15, 0.2) is 49.1 Å². The molecule has 0 aliphatic heterocycles. The van der Waals surface area contributed by atoms with E-state index < -0.39 is 0 Å². The maximum Gasteiger partial charge on any atom is 0.150 e. The van der Waals surface area contributed by atoms with Gasteiger partial charge in [0.1, 0.15) is 12.7 Å². The van der Waals surface area contributed by atoms with Gasteiger partial charge in [-0.1, -0.05) is 63.1 Å². The zero-order valence-corrected chi connectivity index (χ0v) is 16.9. The summed E-state index contributed by atoms with van der Waals surface area (Å²) in [5, 5.41) is 4.32. The molecule has 0 saturated heterocycles. The van der Waals surface area contributed by atoms with Gasteiger partial charge in [0.25, 0.3) is 0 Å². The molecule has 1 aromatic heterocycles. The fourth-order valence-corrected chi connectivity index (χ4v) is 3.68. The minimum absolute atomic E-state index is 0.744. The van der Waals surface area contributed by atoms with Gasteiger partial charge in [0.05, 0.1) is 6.54 Å². The van der Waals surface area contributed by atoms with Crippen LogP contribution in [0.5, 0.6) is 0 Å². The molecule has 146 valence electrons. The average molecular weight is 376 g/mol. The van der Waals surface area contributed by atoms with Crippen LogP contribution in [0.3, 0.4) is 0 Å². The molecule has 0 unspecified atom stereocenters. The third-order valence-electron chi connectivity index (χ3n) is 5.22. The van der Waals surface area contributed by atoms with Crippen molar-refractivity contribution >= 4 is 6.29 Å². The first-order valence-corrected chi connectivity index (χ1v) is 10.3. The maximum atomic E-state index is 11.6. The van der Waals surface area contributed by atoms with Crippen LogP contribution in [0.2, 0.25) is 0 Å². The zero-order valence-electron chi connectivity index (χ0n) is 16.9. The molecule has 0 aliphatic carbocycles. The van der Waals surface area contributed by atoms with Crippen LogP contribution < -0.4 is 0 Å². The molecular formula is C24H29N3O. The van der Waals surface area contributed by atoms with E-state index in [-0.39, 0.29) is 0 Å². The number of carbonyl (C=O) groups is 1. The van der Waals surface area contributed by atoms with Gasteiger partial charge in [0, 0.05) is 5.56 Å². The Morgan fingerprint density at radius 2 is 1.68 bits per heavy atom. The maximum absolute atomic E-state index is 11.6. The Bertz CT molecular complexity index is 871. The lowest BCUT2D eigenvalue weighted by atomic mass is 9.88. The molecule has 3 rings (SSSR count). The number of benzene rings is 2. The number of aldehydes is 1. The molecule has 0 saturated carbocycles. The van der Waals surface area contributed by atoms with Gasteiger partial charge >= 0.3 is 0 Å². The van der Waals surface area contributed by atoms with Gasteiger partial charge in [-0.3, -0.25) is 4.79 Å². The monoisotopic (exact) mass is 375 g/mol. The Balaban J connectivity index is 2.12. The van der Waals surface area contributed by atoms with Gasteiger partial charge in [-0.2, -0.15) is 5.10 Å². The summed E-state index contributed by atoms with van der Waals surface area (Å²) in [6.45, 7) is 5.19. The van der Waals surface area contributed by atoms with Crippen LogP contribution in [0.1, 0.15) is 66.6 Å². The molecular weight excluding hydrogens is 346 g/mol. The predicted octanol–water partition coefficient (Wildman–Crippen LogP) is 5.49. The Kier molecular flexibility index (Phi) is 7.12. The fourth-order valence-electron chi connectivity index (χ4n) is 3.68. The molecule has 0 atom stereocenters. The van der Waals surface area contributed by atoms with Crippen LogP contribution in [0, 0.1) is 0 Å². The number of aryl methyl sites for hydroxylation is 2. The number of hydrogen-bond acceptors (Lipinski definition) is 3. The minimum atomic E-state index is 0.744. The van der Waals surface area contributed by atoms with Gasteiger partial charge in [0.2, 0.25) is 0 Å². The van der Waals surface area contributed by atoms with Crippen LogP contribution in [0.25, 0.3) is 11.1 Å². The third-order valence-corrected chi connectivity index (χ3v) is 5.22. The molecule has 0 N–H and O–H groups in total. The number of nitrogens with zero attached hydrogens (tertiary/aromatic N) is 3. The SMILES string of the molecule is CCCCc1cc(-c2ccccc2C=O)cc(CCCC)c1Cn1cncn1. The van der Waals surface area contributed by atoms with Gasteiger partial charge in [-0.05, 0) is 53.5 Å². The zero-order chi connectivity index (χ0) is 19.8. The summed E-state index contributed by atoms with van der Waals surface area (Å²) in [5.41, 5.74) is 6.99. The van der Waals surface area contributed by atoms with E-state index in [2.05, 4.69) is 36.1 Å². The summed E-state index contributed by atoms with van der Waals surface area (Å²) in [5.74, 6) is 0. The Labute approximate surface area is 167 Å². The number of unbranched alkanes of at least 4 members (excludes halogenated alkanes) is 2. The van der Waals surface area contributed by atoms with E-state index in [0.29, 0.717) is 0 Å². The second-order valence-corrected chi connectivity index (χ2v) is 7.28. The minimum Gasteiger partial charge on any atom is -0.298 e. The number of aromatic nitrogens is 3. The first kappa shape index (κ1) is 20.0. The molecule has 3 aromatic rings. The van der Waals surface area contributed by atoms with Crippen molar-refractivity contribution in [1.29, 1.82) is 0 Å². The summed E-state index contributed by atoms with van der Waals surface area (Å²) in [7, 11) is 0. The van der Waals surface area contributed by atoms with E-state index in [1.807, 2.05) is 28.9 Å². The van der Waals surface area contributed by atoms with E-state index in [4.69, 9.17) is 0 Å². The average Bonchev–Trinajstić information content (AvgIpc) is 3.25. The lowest BCUT2D eigenvalue weighted by Gasteiger charge is -2.18. The van der Waals surface area contributed by atoms with Crippen LogP contribution in [0.4, 0.5) is 0 Å². The van der Waals surface area contributed by atoms with Gasteiger partial charge < -0.3 is 0 Å². The van der Waals surface area contributed by atoms with Crippen molar-refractivity contribution in [3.8, 4) is 11.1 Å². The van der Waals surface area contributed by atoms with E-state index >= 15 is 0 Å². The molecule has 0 spiro atoms. The first-order chi connectivity index (χ1) is 13.8. The quantitative estimate of drug-likeness (QED) is 0.440. The largest absolute Gasteiger partial charge is 0.298 e. The normalized spacial score (nSPS) is 10.9. The standard InChI is InChI=1S/C24H29N3O/c1-3-5-9-19-13-22(23-12-8-7-11-21(23)16-28)14-20(10-6-4-2)24(19)15-27-18-25-17-26-27/h7-8,11-14,16-18H,3-6,9-10,15H2,1-2H3. The molecule has 4 nitrogen and oxygen atoms in total. The van der Waals surface area contributed by atoms with Gasteiger partial charge in [-0.15, -0.1) is 0 Å². The van der Waals surface area contributed by atoms with Crippen molar-refractivity contribution in [2.24, 2.45) is 0 Å². The van der Waals surface area contributed by atoms with E-state index in [1.165, 1.54) is 16.7 Å². The highest BCUT2D eigenvalue weighted by molar-refractivity contribution is 5.87. The van der Waals surface area contributed by atoms with Gasteiger partial charge in [-0.25, -0.2) is 9.67 Å². The topological polar surface area (TPSA) is 47.8 Å². The molecule has 4 heteroatoms. The van der Waals surface area contributed by atoms with Crippen molar-refractivity contribution in [3.63, 3.8) is 0 Å². The first-order valence-electron chi connectivity index (χ1n) is 10.3. The second-order valence-electron chi connectivity index (χ2n) is 7.28. The molecule has 1 heterocycles. The van der Waals surface area contributed by atoms with Crippen molar-refractivity contribution in [2.45, 2.75) is 58.9 Å². The summed E-state index contributed by atoms with van der Waals surface area (Å²) in [6, 6.07) is 12.4. The van der Waals surface area contributed by atoms with Crippen LogP contribution in [-0.2, 0) is 19.4 Å². The smallest absolute Gasteiger partial charge is 0.150 e. The van der Waals surface area contributed by atoms with Crippen LogP contribution >= 0.6 is 0 Å². The molecule has 0 bridgehead atoms. The molecule has 2 aromatic carbocycles.